The highest BCUT2D eigenvalue weighted by Gasteiger charge is 2.52. The van der Waals surface area contributed by atoms with E-state index in [9.17, 15) is 9.59 Å². The Morgan fingerprint density at radius 3 is 1.93 bits per heavy atom. The van der Waals surface area contributed by atoms with E-state index in [1.54, 1.807) is 0 Å². The number of amides is 2. The number of hydrogen-bond donors (Lipinski definition) is 1. The lowest BCUT2D eigenvalue weighted by molar-refractivity contribution is -0.506. The van der Waals surface area contributed by atoms with Crippen LogP contribution in [0.4, 0.5) is 0 Å². The number of quaternary nitrogens is 1. The average Bonchev–Trinajstić information content (AvgIpc) is 2.25. The maximum Gasteiger partial charge on any atom is 0.321 e. The minimum absolute atomic E-state index is 0.132. The van der Waals surface area contributed by atoms with Crippen LogP contribution in [0.15, 0.2) is 0 Å². The van der Waals surface area contributed by atoms with Gasteiger partial charge >= 0.3 is 11.8 Å². The quantitative estimate of drug-likeness (QED) is 0.588. The molecule has 2 amide bonds. The van der Waals surface area contributed by atoms with Crippen molar-refractivity contribution in [1.82, 2.24) is 0 Å². The van der Waals surface area contributed by atoms with E-state index >= 15 is 0 Å². The zero-order chi connectivity index (χ0) is 10.4. The first-order valence-electron chi connectivity index (χ1n) is 6.20. The zero-order valence-corrected chi connectivity index (χ0v) is 8.95. The van der Waals surface area contributed by atoms with E-state index < -0.39 is 0 Å². The number of nitrogens with two attached hydrogens (primary N) is 1. The van der Waals surface area contributed by atoms with Crippen LogP contribution in [-0.4, -0.2) is 11.8 Å². The molecule has 2 saturated carbocycles. The van der Waals surface area contributed by atoms with Gasteiger partial charge in [-0.2, -0.15) is 0 Å². The molecule has 2 atom stereocenters. The highest BCUT2D eigenvalue weighted by molar-refractivity contribution is 5.85. The molecule has 15 heavy (non-hydrogen) atoms. The van der Waals surface area contributed by atoms with Crippen LogP contribution in [-0.2, 0) is 9.59 Å². The van der Waals surface area contributed by atoms with Crippen LogP contribution in [0.5, 0.6) is 0 Å². The highest BCUT2D eigenvalue weighted by atomic mass is 16.2. The smallest absolute Gasteiger partial charge is 0.230 e. The lowest BCUT2D eigenvalue weighted by Crippen LogP contribution is -2.97. The number of imide groups is 1. The van der Waals surface area contributed by atoms with E-state index in [0.29, 0.717) is 11.8 Å². The number of hydrogen-bond acceptors (Lipinski definition) is 2. The molecule has 1 saturated heterocycles. The Hall–Kier alpha value is -0.700. The predicted octanol–water partition coefficient (Wildman–Crippen LogP) is 0.449. The molecule has 0 radical (unpaired) electrons. The Morgan fingerprint density at radius 2 is 1.40 bits per heavy atom. The molecule has 0 bridgehead atoms. The van der Waals surface area contributed by atoms with Gasteiger partial charge in [0.2, 0.25) is 0 Å². The monoisotopic (exact) mass is 208 g/mol. The van der Waals surface area contributed by atoms with Crippen molar-refractivity contribution in [3.63, 3.8) is 0 Å². The topological polar surface area (TPSA) is 50.8 Å². The SMILES string of the molecule is O=C1[NH2+]C(=O)C2CCCC3CCCC1C32. The Balaban J connectivity index is 1.94. The third kappa shape index (κ3) is 1.36. The van der Waals surface area contributed by atoms with Crippen LogP contribution < -0.4 is 5.32 Å². The van der Waals surface area contributed by atoms with E-state index in [-0.39, 0.29) is 23.7 Å². The number of rotatable bonds is 0. The fraction of sp³-hybridized carbons (Fsp3) is 0.833. The fourth-order valence-corrected chi connectivity index (χ4v) is 4.07. The molecule has 1 aliphatic heterocycles. The molecule has 3 fully saturated rings. The van der Waals surface area contributed by atoms with Crippen LogP contribution in [0, 0.1) is 23.7 Å². The zero-order valence-electron chi connectivity index (χ0n) is 8.95. The van der Waals surface area contributed by atoms with Gasteiger partial charge in [0.15, 0.2) is 0 Å². The summed E-state index contributed by atoms with van der Waals surface area (Å²) in [5, 5.41) is 1.40. The molecule has 1 heterocycles. The lowest BCUT2D eigenvalue weighted by Gasteiger charge is -2.45. The molecule has 82 valence electrons. The van der Waals surface area contributed by atoms with Crippen LogP contribution in [0.25, 0.3) is 0 Å². The normalized spacial score (nSPS) is 45.1. The number of carbonyl (C=O) groups is 2. The van der Waals surface area contributed by atoms with Gasteiger partial charge in [-0.3, -0.25) is 0 Å². The highest BCUT2D eigenvalue weighted by Crippen LogP contribution is 2.47. The van der Waals surface area contributed by atoms with E-state index in [1.807, 2.05) is 0 Å². The summed E-state index contributed by atoms with van der Waals surface area (Å²) in [5.41, 5.74) is 0. The van der Waals surface area contributed by atoms with E-state index in [4.69, 9.17) is 0 Å². The molecule has 2 unspecified atom stereocenters. The summed E-state index contributed by atoms with van der Waals surface area (Å²) in [4.78, 5) is 23.6. The first kappa shape index (κ1) is 9.52. The minimum Gasteiger partial charge on any atom is -0.230 e. The summed E-state index contributed by atoms with van der Waals surface area (Å²) < 4.78 is 0. The molecule has 0 aromatic heterocycles. The van der Waals surface area contributed by atoms with Crippen LogP contribution in [0.1, 0.15) is 38.5 Å². The van der Waals surface area contributed by atoms with Gasteiger partial charge in [0.1, 0.15) is 0 Å². The standard InChI is InChI=1S/C12H17NO2/c14-11-8-5-1-3-7-4-2-6-9(10(7)8)12(15)13-11/h7-10H,1-6H2,(H,13,14,15)/p+1. The lowest BCUT2D eigenvalue weighted by atomic mass is 9.59. The molecule has 2 N–H and O–H groups in total. The minimum atomic E-state index is 0.132. The Bertz CT molecular complexity index is 285. The van der Waals surface area contributed by atoms with Crippen molar-refractivity contribution in [3.8, 4) is 0 Å². The van der Waals surface area contributed by atoms with Crippen molar-refractivity contribution in [2.24, 2.45) is 23.7 Å². The van der Waals surface area contributed by atoms with Crippen LogP contribution in [0.2, 0.25) is 0 Å². The summed E-state index contributed by atoms with van der Waals surface area (Å²) in [5.74, 6) is 1.75. The van der Waals surface area contributed by atoms with Crippen molar-refractivity contribution in [1.29, 1.82) is 0 Å². The average molecular weight is 208 g/mol. The number of piperidine rings is 1. The van der Waals surface area contributed by atoms with Gasteiger partial charge in [0.05, 0.1) is 11.8 Å². The summed E-state index contributed by atoms with van der Waals surface area (Å²) in [6, 6.07) is 0. The van der Waals surface area contributed by atoms with E-state index in [1.165, 1.54) is 31.0 Å². The second-order valence-electron chi connectivity index (χ2n) is 5.36. The van der Waals surface area contributed by atoms with Crippen molar-refractivity contribution < 1.29 is 14.9 Å². The van der Waals surface area contributed by atoms with E-state index in [2.05, 4.69) is 0 Å². The number of carbonyl (C=O) groups excluding carboxylic acids is 2. The Labute approximate surface area is 89.6 Å². The second kappa shape index (κ2) is 3.41. The first-order chi connectivity index (χ1) is 7.27. The molecule has 0 aromatic carbocycles. The molecule has 0 aromatic rings. The second-order valence-corrected chi connectivity index (χ2v) is 5.36. The summed E-state index contributed by atoms with van der Waals surface area (Å²) >= 11 is 0. The molecule has 3 aliphatic rings. The molecule has 3 nitrogen and oxygen atoms in total. The van der Waals surface area contributed by atoms with Gasteiger partial charge in [-0.05, 0) is 24.7 Å². The maximum absolute atomic E-state index is 11.8. The van der Waals surface area contributed by atoms with Crippen molar-refractivity contribution in [2.75, 3.05) is 0 Å². The summed E-state index contributed by atoms with van der Waals surface area (Å²) in [6.45, 7) is 0. The van der Waals surface area contributed by atoms with Crippen molar-refractivity contribution in [3.05, 3.63) is 0 Å². The summed E-state index contributed by atoms with van der Waals surface area (Å²) in [7, 11) is 0. The third-order valence-electron chi connectivity index (χ3n) is 4.67. The molecule has 0 spiro atoms. The van der Waals surface area contributed by atoms with E-state index in [0.717, 1.165) is 12.8 Å². The predicted molar refractivity (Wildman–Crippen MR) is 53.6 cm³/mol. The van der Waals surface area contributed by atoms with Gasteiger partial charge < -0.3 is 0 Å². The van der Waals surface area contributed by atoms with Gasteiger partial charge in [-0.15, -0.1) is 0 Å². The number of primary amides is 2. The van der Waals surface area contributed by atoms with Crippen LogP contribution >= 0.6 is 0 Å². The Kier molecular flexibility index (Phi) is 2.16. The third-order valence-corrected chi connectivity index (χ3v) is 4.67. The first-order valence-corrected chi connectivity index (χ1v) is 6.20. The van der Waals surface area contributed by atoms with Gasteiger partial charge in [0, 0.05) is 0 Å². The van der Waals surface area contributed by atoms with Crippen molar-refractivity contribution >= 4 is 11.8 Å². The molecule has 2 aliphatic carbocycles. The Morgan fingerprint density at radius 1 is 0.867 bits per heavy atom. The largest absolute Gasteiger partial charge is 0.321 e. The molecule has 3 heteroatoms. The van der Waals surface area contributed by atoms with Crippen LogP contribution in [0.3, 0.4) is 0 Å². The summed E-state index contributed by atoms with van der Waals surface area (Å²) in [6.07, 6.45) is 6.93. The van der Waals surface area contributed by atoms with Gasteiger partial charge in [-0.1, -0.05) is 25.7 Å². The molecular formula is C12H18NO2+. The van der Waals surface area contributed by atoms with Gasteiger partial charge in [0.25, 0.3) is 0 Å². The molecular weight excluding hydrogens is 190 g/mol. The van der Waals surface area contributed by atoms with Crippen molar-refractivity contribution in [2.45, 2.75) is 38.5 Å². The molecule has 3 rings (SSSR count). The van der Waals surface area contributed by atoms with Gasteiger partial charge in [-0.25, -0.2) is 14.9 Å². The maximum atomic E-state index is 11.8. The fourth-order valence-electron chi connectivity index (χ4n) is 4.07.